The average molecular weight is 237 g/mol. The van der Waals surface area contributed by atoms with Crippen molar-refractivity contribution in [2.24, 2.45) is 0 Å². The molecule has 0 amide bonds. The van der Waals surface area contributed by atoms with Gasteiger partial charge in [-0.1, -0.05) is 6.92 Å². The predicted molar refractivity (Wildman–Crippen MR) is 67.7 cm³/mol. The molecule has 1 aliphatic heterocycles. The van der Waals surface area contributed by atoms with Gasteiger partial charge in [0.05, 0.1) is 6.54 Å². The fourth-order valence-electron chi connectivity index (χ4n) is 2.35. The molecule has 0 radical (unpaired) electrons. The average Bonchev–Trinajstić information content (AvgIpc) is 2.61. The molecule has 0 spiro atoms. The van der Waals surface area contributed by atoms with E-state index in [0.717, 1.165) is 45.0 Å². The van der Waals surface area contributed by atoms with Crippen LogP contribution in [-0.2, 0) is 13.1 Å². The van der Waals surface area contributed by atoms with E-state index in [4.69, 9.17) is 0 Å². The summed E-state index contributed by atoms with van der Waals surface area (Å²) in [5.41, 5.74) is 0. The highest BCUT2D eigenvalue weighted by Gasteiger charge is 2.16. The zero-order valence-electron chi connectivity index (χ0n) is 10.9. The highest BCUT2D eigenvalue weighted by atomic mass is 15.3. The van der Waals surface area contributed by atoms with Gasteiger partial charge in [0, 0.05) is 19.1 Å². The molecule has 5 nitrogen and oxygen atoms in total. The highest BCUT2D eigenvalue weighted by molar-refractivity contribution is 4.86. The number of nitrogens with one attached hydrogen (secondary N) is 1. The third-order valence-corrected chi connectivity index (χ3v) is 3.17. The quantitative estimate of drug-likeness (QED) is 0.844. The van der Waals surface area contributed by atoms with Crippen LogP contribution in [0.15, 0.2) is 6.33 Å². The maximum Gasteiger partial charge on any atom is 0.141 e. The van der Waals surface area contributed by atoms with Crippen molar-refractivity contribution in [3.63, 3.8) is 0 Å². The van der Waals surface area contributed by atoms with Crippen LogP contribution in [0.4, 0.5) is 0 Å². The Morgan fingerprint density at radius 3 is 3.24 bits per heavy atom. The predicted octanol–water partition coefficient (Wildman–Crippen LogP) is 0.872. The summed E-state index contributed by atoms with van der Waals surface area (Å²) in [6.45, 7) is 9.68. The minimum absolute atomic E-state index is 0.569. The second-order valence-electron chi connectivity index (χ2n) is 4.84. The van der Waals surface area contributed by atoms with E-state index >= 15 is 0 Å². The molecule has 5 heteroatoms. The third-order valence-electron chi connectivity index (χ3n) is 3.17. The first-order valence-corrected chi connectivity index (χ1v) is 6.62. The molecule has 2 rings (SSSR count). The highest BCUT2D eigenvalue weighted by Crippen LogP contribution is 2.06. The van der Waals surface area contributed by atoms with Gasteiger partial charge in [0.2, 0.25) is 0 Å². The topological polar surface area (TPSA) is 46.0 Å². The van der Waals surface area contributed by atoms with Crippen molar-refractivity contribution < 1.29 is 0 Å². The van der Waals surface area contributed by atoms with Crippen molar-refractivity contribution in [3.05, 3.63) is 12.2 Å². The van der Waals surface area contributed by atoms with Crippen LogP contribution in [0.25, 0.3) is 0 Å². The van der Waals surface area contributed by atoms with Crippen molar-refractivity contribution in [1.82, 2.24) is 25.0 Å². The molecule has 1 saturated heterocycles. The van der Waals surface area contributed by atoms with Gasteiger partial charge in [-0.05, 0) is 32.9 Å². The summed E-state index contributed by atoms with van der Waals surface area (Å²) in [6.07, 6.45) is 3.99. The maximum absolute atomic E-state index is 4.37. The third kappa shape index (κ3) is 3.51. The first kappa shape index (κ1) is 12.5. The molecule has 0 bridgehead atoms. The lowest BCUT2D eigenvalue weighted by molar-refractivity contribution is 0.253. The molecule has 17 heavy (non-hydrogen) atoms. The maximum atomic E-state index is 4.37. The van der Waals surface area contributed by atoms with Crippen LogP contribution in [0.1, 0.15) is 32.5 Å². The molecule has 1 aromatic heterocycles. The van der Waals surface area contributed by atoms with Crippen LogP contribution >= 0.6 is 0 Å². The molecule has 1 atom stereocenters. The smallest absolute Gasteiger partial charge is 0.141 e. The van der Waals surface area contributed by atoms with Crippen LogP contribution in [0.3, 0.4) is 0 Å². The first-order chi connectivity index (χ1) is 8.29. The van der Waals surface area contributed by atoms with E-state index in [9.17, 15) is 0 Å². The van der Waals surface area contributed by atoms with Crippen LogP contribution in [0.5, 0.6) is 0 Å². The molecule has 1 fully saturated rings. The molecule has 1 aromatic rings. The Morgan fingerprint density at radius 2 is 2.41 bits per heavy atom. The monoisotopic (exact) mass is 237 g/mol. The molecular weight excluding hydrogens is 214 g/mol. The minimum Gasteiger partial charge on any atom is -0.313 e. The number of aromatic nitrogens is 3. The number of rotatable bonds is 4. The largest absolute Gasteiger partial charge is 0.313 e. The standard InChI is InChI=1S/C12H23N5/c1-3-6-17-12(14-10-15-17)9-16-7-4-5-13-11(2)8-16/h10-11,13H,3-9H2,1-2H3. The second kappa shape index (κ2) is 6.12. The molecular formula is C12H23N5. The molecule has 0 aliphatic carbocycles. The molecule has 0 aromatic carbocycles. The van der Waals surface area contributed by atoms with E-state index in [1.54, 1.807) is 6.33 Å². The molecule has 1 unspecified atom stereocenters. The fraction of sp³-hybridized carbons (Fsp3) is 0.833. The van der Waals surface area contributed by atoms with E-state index in [2.05, 4.69) is 34.1 Å². The molecule has 0 saturated carbocycles. The summed E-state index contributed by atoms with van der Waals surface area (Å²) in [5, 5.41) is 7.79. The van der Waals surface area contributed by atoms with Crippen molar-refractivity contribution in [2.75, 3.05) is 19.6 Å². The summed E-state index contributed by atoms with van der Waals surface area (Å²) in [4.78, 5) is 6.85. The Balaban J connectivity index is 1.96. The van der Waals surface area contributed by atoms with Gasteiger partial charge in [-0.2, -0.15) is 5.10 Å². The van der Waals surface area contributed by atoms with E-state index in [0.29, 0.717) is 6.04 Å². The van der Waals surface area contributed by atoms with Gasteiger partial charge in [-0.15, -0.1) is 0 Å². The lowest BCUT2D eigenvalue weighted by Gasteiger charge is -2.21. The summed E-state index contributed by atoms with van der Waals surface area (Å²) in [6, 6.07) is 0.569. The number of aryl methyl sites for hydroxylation is 1. The van der Waals surface area contributed by atoms with E-state index in [1.807, 2.05) is 4.68 Å². The summed E-state index contributed by atoms with van der Waals surface area (Å²) in [5.74, 6) is 1.10. The second-order valence-corrected chi connectivity index (χ2v) is 4.84. The Hall–Kier alpha value is -0.940. The lowest BCUT2D eigenvalue weighted by atomic mass is 10.3. The van der Waals surface area contributed by atoms with Crippen LogP contribution in [-0.4, -0.2) is 45.3 Å². The van der Waals surface area contributed by atoms with Gasteiger partial charge >= 0.3 is 0 Å². The number of hydrogen-bond acceptors (Lipinski definition) is 4. The van der Waals surface area contributed by atoms with Crippen molar-refractivity contribution >= 4 is 0 Å². The number of hydrogen-bond donors (Lipinski definition) is 1. The van der Waals surface area contributed by atoms with Gasteiger partial charge < -0.3 is 5.32 Å². The van der Waals surface area contributed by atoms with Crippen LogP contribution < -0.4 is 5.32 Å². The van der Waals surface area contributed by atoms with Crippen molar-refractivity contribution in [1.29, 1.82) is 0 Å². The van der Waals surface area contributed by atoms with Gasteiger partial charge in [0.1, 0.15) is 12.2 Å². The van der Waals surface area contributed by atoms with Gasteiger partial charge in [0.15, 0.2) is 0 Å². The summed E-state index contributed by atoms with van der Waals surface area (Å²) in [7, 11) is 0. The Labute approximate surface area is 103 Å². The van der Waals surface area contributed by atoms with Crippen molar-refractivity contribution in [2.45, 2.75) is 45.8 Å². The molecule has 2 heterocycles. The minimum atomic E-state index is 0.569. The zero-order chi connectivity index (χ0) is 12.1. The Morgan fingerprint density at radius 1 is 1.53 bits per heavy atom. The molecule has 1 N–H and O–H groups in total. The zero-order valence-corrected chi connectivity index (χ0v) is 10.9. The van der Waals surface area contributed by atoms with E-state index < -0.39 is 0 Å². The van der Waals surface area contributed by atoms with E-state index in [-0.39, 0.29) is 0 Å². The molecule has 1 aliphatic rings. The van der Waals surface area contributed by atoms with Gasteiger partial charge in [0.25, 0.3) is 0 Å². The SMILES string of the molecule is CCCn1ncnc1CN1CCCNC(C)C1. The first-order valence-electron chi connectivity index (χ1n) is 6.62. The Bertz CT molecular complexity index is 335. The van der Waals surface area contributed by atoms with Crippen molar-refractivity contribution in [3.8, 4) is 0 Å². The van der Waals surface area contributed by atoms with Crippen LogP contribution in [0, 0.1) is 0 Å². The normalized spacial score (nSPS) is 22.6. The Kier molecular flexibility index (Phi) is 4.50. The van der Waals surface area contributed by atoms with E-state index in [1.165, 1.54) is 6.42 Å². The number of nitrogens with zero attached hydrogens (tertiary/aromatic N) is 4. The van der Waals surface area contributed by atoms with Crippen LogP contribution in [0.2, 0.25) is 0 Å². The van der Waals surface area contributed by atoms with Gasteiger partial charge in [-0.25, -0.2) is 9.67 Å². The summed E-state index contributed by atoms with van der Waals surface area (Å²) >= 11 is 0. The summed E-state index contributed by atoms with van der Waals surface area (Å²) < 4.78 is 2.03. The fourth-order valence-corrected chi connectivity index (χ4v) is 2.35. The molecule has 96 valence electrons. The van der Waals surface area contributed by atoms with Gasteiger partial charge in [-0.3, -0.25) is 4.90 Å². The lowest BCUT2D eigenvalue weighted by Crippen LogP contribution is -2.35.